The Bertz CT molecular complexity index is 722. The maximum Gasteiger partial charge on any atom is 0.238 e. The van der Waals surface area contributed by atoms with Gasteiger partial charge < -0.3 is 9.84 Å². The fraction of sp³-hybridized carbons (Fsp3) is 0.214. The third-order valence-corrected chi connectivity index (χ3v) is 2.88. The van der Waals surface area contributed by atoms with Crippen LogP contribution < -0.4 is 4.74 Å². The first-order valence-corrected chi connectivity index (χ1v) is 6.30. The van der Waals surface area contributed by atoms with Crippen molar-refractivity contribution in [2.75, 3.05) is 6.61 Å². The minimum Gasteiger partial charge on any atom is -0.437 e. The van der Waals surface area contributed by atoms with Crippen LogP contribution in [0.25, 0.3) is 11.2 Å². The van der Waals surface area contributed by atoms with E-state index in [0.717, 1.165) is 0 Å². The van der Waals surface area contributed by atoms with Gasteiger partial charge in [-0.2, -0.15) is 5.10 Å². The maximum absolute atomic E-state index is 8.94. The molecule has 0 saturated carbocycles. The number of aryl methyl sites for hydroxylation is 1. The van der Waals surface area contributed by atoms with Crippen molar-refractivity contribution in [1.29, 1.82) is 0 Å². The number of ether oxygens (including phenoxy) is 1. The van der Waals surface area contributed by atoms with Crippen molar-refractivity contribution >= 4 is 11.2 Å². The van der Waals surface area contributed by atoms with E-state index >= 15 is 0 Å². The molecule has 0 radical (unpaired) electrons. The standard InChI is InChI=1S/C14H14N4O2/c1-10-2-4-11(5-3-10)20-13-9-15-14-12(17-13)8-16-18(14)6-7-19/h2-5,8-9,19H,6-7H2,1H3. The van der Waals surface area contributed by atoms with Gasteiger partial charge in [-0.1, -0.05) is 17.7 Å². The molecule has 3 aromatic rings. The van der Waals surface area contributed by atoms with Crippen molar-refractivity contribution in [3.05, 3.63) is 42.2 Å². The van der Waals surface area contributed by atoms with E-state index in [1.807, 2.05) is 31.2 Å². The van der Waals surface area contributed by atoms with E-state index in [4.69, 9.17) is 9.84 Å². The summed E-state index contributed by atoms with van der Waals surface area (Å²) in [5.74, 6) is 1.14. The van der Waals surface area contributed by atoms with Crippen molar-refractivity contribution in [3.8, 4) is 11.6 Å². The molecule has 2 heterocycles. The van der Waals surface area contributed by atoms with Crippen molar-refractivity contribution in [2.24, 2.45) is 0 Å². The highest BCUT2D eigenvalue weighted by Gasteiger charge is 2.07. The summed E-state index contributed by atoms with van der Waals surface area (Å²) >= 11 is 0. The number of fused-ring (bicyclic) bond motifs is 1. The minimum atomic E-state index is 0.0140. The molecule has 0 amide bonds. The van der Waals surface area contributed by atoms with E-state index in [1.165, 1.54) is 5.56 Å². The summed E-state index contributed by atoms with van der Waals surface area (Å²) in [6, 6.07) is 7.72. The molecule has 0 aliphatic rings. The van der Waals surface area contributed by atoms with Crippen LogP contribution in [0.15, 0.2) is 36.7 Å². The Labute approximate surface area is 115 Å². The molecule has 1 N–H and O–H groups in total. The van der Waals surface area contributed by atoms with Crippen LogP contribution in [0.3, 0.4) is 0 Å². The second-order valence-corrected chi connectivity index (χ2v) is 4.42. The topological polar surface area (TPSA) is 73.1 Å². The first-order chi connectivity index (χ1) is 9.76. The number of rotatable bonds is 4. The van der Waals surface area contributed by atoms with Gasteiger partial charge >= 0.3 is 0 Å². The van der Waals surface area contributed by atoms with E-state index in [-0.39, 0.29) is 6.61 Å². The first-order valence-electron chi connectivity index (χ1n) is 6.30. The average Bonchev–Trinajstić information content (AvgIpc) is 2.85. The maximum atomic E-state index is 8.94. The molecule has 102 valence electrons. The average molecular weight is 270 g/mol. The van der Waals surface area contributed by atoms with Crippen molar-refractivity contribution in [3.63, 3.8) is 0 Å². The normalized spacial score (nSPS) is 10.9. The lowest BCUT2D eigenvalue weighted by Gasteiger charge is -2.05. The highest BCUT2D eigenvalue weighted by atomic mass is 16.5. The van der Waals surface area contributed by atoms with Gasteiger partial charge in [0.25, 0.3) is 0 Å². The highest BCUT2D eigenvalue weighted by molar-refractivity contribution is 5.69. The largest absolute Gasteiger partial charge is 0.437 e. The summed E-state index contributed by atoms with van der Waals surface area (Å²) in [5, 5.41) is 13.1. The Morgan fingerprint density at radius 2 is 2.00 bits per heavy atom. The van der Waals surface area contributed by atoms with Crippen LogP contribution in [-0.2, 0) is 6.54 Å². The second-order valence-electron chi connectivity index (χ2n) is 4.42. The van der Waals surface area contributed by atoms with Crippen LogP contribution in [0, 0.1) is 6.92 Å². The molecule has 0 spiro atoms. The molecule has 0 fully saturated rings. The molecule has 0 unspecified atom stereocenters. The lowest BCUT2D eigenvalue weighted by molar-refractivity contribution is 0.271. The second kappa shape index (κ2) is 5.26. The molecule has 0 aliphatic carbocycles. The molecule has 6 nitrogen and oxygen atoms in total. The SMILES string of the molecule is Cc1ccc(Oc2cnc3c(cnn3CCO)n2)cc1. The summed E-state index contributed by atoms with van der Waals surface area (Å²) in [6.07, 6.45) is 3.16. The molecule has 6 heteroatoms. The van der Waals surface area contributed by atoms with Crippen LogP contribution in [-0.4, -0.2) is 31.5 Å². The lowest BCUT2D eigenvalue weighted by Crippen LogP contribution is -2.04. The molecule has 20 heavy (non-hydrogen) atoms. The van der Waals surface area contributed by atoms with Crippen molar-refractivity contribution in [2.45, 2.75) is 13.5 Å². The van der Waals surface area contributed by atoms with Gasteiger partial charge in [-0.15, -0.1) is 0 Å². The van der Waals surface area contributed by atoms with Gasteiger partial charge in [0.2, 0.25) is 5.88 Å². The van der Waals surface area contributed by atoms with E-state index < -0.39 is 0 Å². The fourth-order valence-corrected chi connectivity index (χ4v) is 1.88. The number of aromatic nitrogens is 4. The minimum absolute atomic E-state index is 0.0140. The Balaban J connectivity index is 1.87. The molecule has 0 aliphatic heterocycles. The van der Waals surface area contributed by atoms with Crippen molar-refractivity contribution in [1.82, 2.24) is 19.7 Å². The monoisotopic (exact) mass is 270 g/mol. The van der Waals surface area contributed by atoms with E-state index in [1.54, 1.807) is 17.1 Å². The summed E-state index contributed by atoms with van der Waals surface area (Å²) in [5.41, 5.74) is 2.45. The lowest BCUT2D eigenvalue weighted by atomic mass is 10.2. The van der Waals surface area contributed by atoms with Gasteiger partial charge in [-0.05, 0) is 19.1 Å². The van der Waals surface area contributed by atoms with E-state index in [9.17, 15) is 0 Å². The number of nitrogens with zero attached hydrogens (tertiary/aromatic N) is 4. The molecule has 3 rings (SSSR count). The van der Waals surface area contributed by atoms with Crippen LogP contribution >= 0.6 is 0 Å². The number of hydrogen-bond donors (Lipinski definition) is 1. The third-order valence-electron chi connectivity index (χ3n) is 2.88. The van der Waals surface area contributed by atoms with Gasteiger partial charge in [0, 0.05) is 0 Å². The molecule has 0 saturated heterocycles. The number of benzene rings is 1. The number of aliphatic hydroxyl groups is 1. The Hall–Kier alpha value is -2.47. The smallest absolute Gasteiger partial charge is 0.238 e. The van der Waals surface area contributed by atoms with Gasteiger partial charge in [0.15, 0.2) is 5.65 Å². The van der Waals surface area contributed by atoms with Gasteiger partial charge in [-0.3, -0.25) is 0 Å². The molecule has 0 atom stereocenters. The quantitative estimate of drug-likeness (QED) is 0.784. The van der Waals surface area contributed by atoms with E-state index in [0.29, 0.717) is 29.3 Å². The van der Waals surface area contributed by atoms with Gasteiger partial charge in [-0.25, -0.2) is 14.6 Å². The predicted octanol–water partition coefficient (Wildman–Crippen LogP) is 1.92. The Morgan fingerprint density at radius 3 is 2.75 bits per heavy atom. The molecular formula is C14H14N4O2. The van der Waals surface area contributed by atoms with Crippen molar-refractivity contribution < 1.29 is 9.84 Å². The summed E-state index contributed by atoms with van der Waals surface area (Å²) in [4.78, 5) is 8.62. The highest BCUT2D eigenvalue weighted by Crippen LogP contribution is 2.21. The van der Waals surface area contributed by atoms with Gasteiger partial charge in [0.1, 0.15) is 11.3 Å². The summed E-state index contributed by atoms with van der Waals surface area (Å²) in [6.45, 7) is 2.43. The number of hydrogen-bond acceptors (Lipinski definition) is 5. The number of aliphatic hydroxyl groups excluding tert-OH is 1. The summed E-state index contributed by atoms with van der Waals surface area (Å²) < 4.78 is 7.26. The third kappa shape index (κ3) is 2.46. The predicted molar refractivity (Wildman–Crippen MR) is 73.7 cm³/mol. The van der Waals surface area contributed by atoms with Crippen LogP contribution in [0.2, 0.25) is 0 Å². The fourth-order valence-electron chi connectivity index (χ4n) is 1.88. The molecular weight excluding hydrogens is 256 g/mol. The molecule has 0 bridgehead atoms. The zero-order chi connectivity index (χ0) is 13.9. The van der Waals surface area contributed by atoms with E-state index in [2.05, 4.69) is 15.1 Å². The first kappa shape index (κ1) is 12.6. The van der Waals surface area contributed by atoms with Crippen LogP contribution in [0.4, 0.5) is 0 Å². The van der Waals surface area contributed by atoms with Crippen LogP contribution in [0.5, 0.6) is 11.6 Å². The Morgan fingerprint density at radius 1 is 1.20 bits per heavy atom. The Kier molecular flexibility index (Phi) is 3.30. The zero-order valence-electron chi connectivity index (χ0n) is 11.0. The van der Waals surface area contributed by atoms with Gasteiger partial charge in [0.05, 0.1) is 25.5 Å². The zero-order valence-corrected chi connectivity index (χ0v) is 11.0. The molecule has 1 aromatic carbocycles. The summed E-state index contributed by atoms with van der Waals surface area (Å²) in [7, 11) is 0. The molecule has 2 aromatic heterocycles. The van der Waals surface area contributed by atoms with Crippen LogP contribution in [0.1, 0.15) is 5.56 Å².